The number of aromatic amines is 1. The van der Waals surface area contributed by atoms with Crippen LogP contribution in [-0.4, -0.2) is 29.3 Å². The lowest BCUT2D eigenvalue weighted by molar-refractivity contribution is 0.102. The van der Waals surface area contributed by atoms with Crippen molar-refractivity contribution in [3.63, 3.8) is 0 Å². The van der Waals surface area contributed by atoms with Crippen LogP contribution in [0.3, 0.4) is 0 Å². The van der Waals surface area contributed by atoms with Crippen LogP contribution in [0.2, 0.25) is 0 Å². The smallest absolute Gasteiger partial charge is 0.261 e. The summed E-state index contributed by atoms with van der Waals surface area (Å²) in [5.41, 5.74) is 0.713. The number of H-pyrrole nitrogens is 1. The molecule has 0 aliphatic carbocycles. The molecule has 4 aromatic rings. The maximum Gasteiger partial charge on any atom is 0.261 e. The summed E-state index contributed by atoms with van der Waals surface area (Å²) < 4.78 is 27.6. The fourth-order valence-corrected chi connectivity index (χ4v) is 4.08. The summed E-state index contributed by atoms with van der Waals surface area (Å²) in [7, 11) is -3.84. The number of fused-ring (bicyclic) bond motifs is 1. The van der Waals surface area contributed by atoms with Gasteiger partial charge in [0.1, 0.15) is 5.75 Å². The number of carbonyl (C=O) groups is 1. The van der Waals surface area contributed by atoms with Gasteiger partial charge in [-0.25, -0.2) is 13.4 Å². The fraction of sp³-hybridized carbons (Fsp3) is 0.0455. The van der Waals surface area contributed by atoms with Crippen molar-refractivity contribution in [2.45, 2.75) is 11.8 Å². The molecule has 0 bridgehead atoms. The molecule has 0 saturated heterocycles. The van der Waals surface area contributed by atoms with E-state index in [0.29, 0.717) is 0 Å². The van der Waals surface area contributed by atoms with Gasteiger partial charge in [-0.05, 0) is 49.4 Å². The number of sulfonamides is 1. The molecule has 0 radical (unpaired) electrons. The van der Waals surface area contributed by atoms with Crippen molar-refractivity contribution in [3.05, 3.63) is 94.0 Å². The average Bonchev–Trinajstić information content (AvgIpc) is 2.74. The van der Waals surface area contributed by atoms with Crippen LogP contribution in [-0.2, 0) is 10.0 Å². The molecule has 3 N–H and O–H groups in total. The molecule has 0 amide bonds. The highest BCUT2D eigenvalue weighted by atomic mass is 32.2. The zero-order valence-corrected chi connectivity index (χ0v) is 17.1. The Hall–Kier alpha value is -3.98. The molecule has 0 aliphatic heterocycles. The van der Waals surface area contributed by atoms with Crippen molar-refractivity contribution >= 4 is 32.4 Å². The molecule has 31 heavy (non-hydrogen) atoms. The molecule has 0 unspecified atom stereocenters. The van der Waals surface area contributed by atoms with Crippen molar-refractivity contribution in [2.24, 2.45) is 0 Å². The van der Waals surface area contributed by atoms with Crippen molar-refractivity contribution < 1.29 is 18.3 Å². The van der Waals surface area contributed by atoms with Crippen molar-refractivity contribution in [2.75, 3.05) is 4.72 Å². The van der Waals surface area contributed by atoms with Crippen LogP contribution in [0.4, 0.5) is 5.69 Å². The van der Waals surface area contributed by atoms with E-state index in [1.807, 2.05) is 6.92 Å². The van der Waals surface area contributed by atoms with Gasteiger partial charge in [-0.3, -0.25) is 14.3 Å². The number of anilines is 1. The summed E-state index contributed by atoms with van der Waals surface area (Å²) in [5, 5.41) is 9.98. The number of ketones is 1. The van der Waals surface area contributed by atoms with Crippen molar-refractivity contribution in [3.8, 4) is 5.75 Å². The molecule has 0 aliphatic rings. The normalized spacial score (nSPS) is 11.4. The zero-order chi connectivity index (χ0) is 22.2. The SMILES string of the molecule is Cc1ccc(S(=O)(=O)Nc2ccc3nc(C(=O)c4ccccc4O)[nH]c(=O)c3c2)cc1. The third-order valence-electron chi connectivity index (χ3n) is 4.65. The molecule has 156 valence electrons. The average molecular weight is 435 g/mol. The lowest BCUT2D eigenvalue weighted by Gasteiger charge is -2.09. The number of rotatable bonds is 5. The van der Waals surface area contributed by atoms with Crippen LogP contribution in [0.15, 0.2) is 76.4 Å². The Morgan fingerprint density at radius 3 is 2.45 bits per heavy atom. The minimum Gasteiger partial charge on any atom is -0.507 e. The molecule has 3 aromatic carbocycles. The number of nitrogens with one attached hydrogen (secondary N) is 2. The molecule has 0 atom stereocenters. The van der Waals surface area contributed by atoms with Gasteiger partial charge in [0.25, 0.3) is 15.6 Å². The number of carbonyl (C=O) groups excluding carboxylic acids is 1. The predicted octanol–water partition coefficient (Wildman–Crippen LogP) is 2.97. The number of phenols is 1. The van der Waals surface area contributed by atoms with Gasteiger partial charge >= 0.3 is 0 Å². The summed E-state index contributed by atoms with van der Waals surface area (Å²) in [6, 6.07) is 16.5. The first-order valence-electron chi connectivity index (χ1n) is 9.21. The third kappa shape index (κ3) is 4.03. The van der Waals surface area contributed by atoms with Gasteiger partial charge in [-0.1, -0.05) is 29.8 Å². The number of phenolic OH excluding ortho intramolecular Hbond substituents is 1. The number of hydrogen-bond acceptors (Lipinski definition) is 6. The fourth-order valence-electron chi connectivity index (χ4n) is 3.03. The molecule has 8 nitrogen and oxygen atoms in total. The zero-order valence-electron chi connectivity index (χ0n) is 16.3. The maximum atomic E-state index is 12.6. The van der Waals surface area contributed by atoms with Crippen LogP contribution < -0.4 is 10.3 Å². The molecule has 0 spiro atoms. The van der Waals surface area contributed by atoms with Crippen LogP contribution in [0.5, 0.6) is 5.75 Å². The molecule has 9 heteroatoms. The minimum atomic E-state index is -3.84. The lowest BCUT2D eigenvalue weighted by Crippen LogP contribution is -2.17. The second kappa shape index (κ2) is 7.69. The van der Waals surface area contributed by atoms with Crippen LogP contribution in [0, 0.1) is 6.92 Å². The lowest BCUT2D eigenvalue weighted by atomic mass is 10.1. The summed E-state index contributed by atoms with van der Waals surface area (Å²) in [4.78, 5) is 31.8. The second-order valence-corrected chi connectivity index (χ2v) is 8.59. The maximum absolute atomic E-state index is 12.6. The molecule has 1 heterocycles. The Labute approximate surface area is 177 Å². The monoisotopic (exact) mass is 435 g/mol. The second-order valence-electron chi connectivity index (χ2n) is 6.91. The number of aromatic hydroxyl groups is 1. The number of para-hydroxylation sites is 1. The molecule has 0 saturated carbocycles. The molecule has 0 fully saturated rings. The Morgan fingerprint density at radius 1 is 1.03 bits per heavy atom. The first-order valence-corrected chi connectivity index (χ1v) is 10.7. The summed E-state index contributed by atoms with van der Waals surface area (Å²) in [6.45, 7) is 1.85. The summed E-state index contributed by atoms with van der Waals surface area (Å²) >= 11 is 0. The van der Waals surface area contributed by atoms with E-state index in [1.165, 1.54) is 42.5 Å². The van der Waals surface area contributed by atoms with E-state index >= 15 is 0 Å². The first kappa shape index (κ1) is 20.3. The first-order chi connectivity index (χ1) is 14.7. The van der Waals surface area contributed by atoms with Crippen LogP contribution in [0.1, 0.15) is 21.7 Å². The van der Waals surface area contributed by atoms with E-state index in [4.69, 9.17) is 0 Å². The Kier molecular flexibility index (Phi) is 5.04. The van der Waals surface area contributed by atoms with Gasteiger partial charge in [-0.15, -0.1) is 0 Å². The van der Waals surface area contributed by atoms with Gasteiger partial charge in [0.05, 0.1) is 21.4 Å². The highest BCUT2D eigenvalue weighted by Crippen LogP contribution is 2.21. The molecule has 4 rings (SSSR count). The Bertz CT molecular complexity index is 1480. The molecule has 1 aromatic heterocycles. The van der Waals surface area contributed by atoms with Gasteiger partial charge in [0.15, 0.2) is 5.82 Å². The minimum absolute atomic E-state index is 0.00692. The Morgan fingerprint density at radius 2 is 1.74 bits per heavy atom. The number of nitrogens with zero attached hydrogens (tertiary/aromatic N) is 1. The van der Waals surface area contributed by atoms with Crippen LogP contribution >= 0.6 is 0 Å². The number of hydrogen-bond donors (Lipinski definition) is 3. The Balaban J connectivity index is 1.69. The standard InChI is InChI=1S/C22H17N3O5S/c1-13-6-9-15(10-7-13)31(29,30)25-14-8-11-18-17(12-14)22(28)24-21(23-18)20(27)16-4-2-3-5-19(16)26/h2-12,25-26H,1H3,(H,23,24,28). The molecular weight excluding hydrogens is 418 g/mol. The van der Waals surface area contributed by atoms with Gasteiger partial charge < -0.3 is 10.1 Å². The molecular formula is C22H17N3O5S. The quantitative estimate of drug-likeness (QED) is 0.413. The summed E-state index contributed by atoms with van der Waals surface area (Å²) in [5.74, 6) is -1.09. The van der Waals surface area contributed by atoms with Crippen LogP contribution in [0.25, 0.3) is 10.9 Å². The van der Waals surface area contributed by atoms with Crippen molar-refractivity contribution in [1.29, 1.82) is 0 Å². The summed E-state index contributed by atoms with van der Waals surface area (Å²) in [6.07, 6.45) is 0. The predicted molar refractivity (Wildman–Crippen MR) is 116 cm³/mol. The van der Waals surface area contributed by atoms with Gasteiger partial charge in [0.2, 0.25) is 5.78 Å². The van der Waals surface area contributed by atoms with E-state index in [2.05, 4.69) is 14.7 Å². The van der Waals surface area contributed by atoms with E-state index < -0.39 is 21.4 Å². The van der Waals surface area contributed by atoms with E-state index in [0.717, 1.165) is 5.56 Å². The van der Waals surface area contributed by atoms with Crippen molar-refractivity contribution in [1.82, 2.24) is 9.97 Å². The highest BCUT2D eigenvalue weighted by molar-refractivity contribution is 7.92. The number of aromatic nitrogens is 2. The number of aryl methyl sites for hydroxylation is 1. The van der Waals surface area contributed by atoms with E-state index in [-0.39, 0.29) is 38.6 Å². The topological polar surface area (TPSA) is 129 Å². The highest BCUT2D eigenvalue weighted by Gasteiger charge is 2.18. The largest absolute Gasteiger partial charge is 0.507 e. The van der Waals surface area contributed by atoms with Gasteiger partial charge in [0, 0.05) is 5.69 Å². The third-order valence-corrected chi connectivity index (χ3v) is 6.05. The van der Waals surface area contributed by atoms with Gasteiger partial charge in [-0.2, -0.15) is 0 Å². The van der Waals surface area contributed by atoms with E-state index in [9.17, 15) is 23.1 Å². The number of benzene rings is 3. The van der Waals surface area contributed by atoms with E-state index in [1.54, 1.807) is 24.3 Å².